The Morgan fingerprint density at radius 1 is 1.50 bits per heavy atom. The summed E-state index contributed by atoms with van der Waals surface area (Å²) in [6, 6.07) is 0. The van der Waals surface area contributed by atoms with E-state index in [0.717, 1.165) is 18.0 Å². The Morgan fingerprint density at radius 3 is 3.12 bits per heavy atom. The molecule has 0 saturated carbocycles. The van der Waals surface area contributed by atoms with Crippen molar-refractivity contribution in [1.82, 2.24) is 15.6 Å². The molecule has 88 valence electrons. The normalized spacial score (nSPS) is 13.8. The van der Waals surface area contributed by atoms with Gasteiger partial charge in [0.25, 0.3) is 0 Å². The Hall–Kier alpha value is -0.940. The van der Waals surface area contributed by atoms with Crippen molar-refractivity contribution in [2.24, 2.45) is 0 Å². The van der Waals surface area contributed by atoms with Crippen LogP contribution < -0.4 is 10.6 Å². The molecule has 1 aromatic heterocycles. The van der Waals surface area contributed by atoms with Crippen molar-refractivity contribution >= 4 is 17.2 Å². The molecule has 0 unspecified atom stereocenters. The lowest BCUT2D eigenvalue weighted by molar-refractivity contribution is -0.120. The van der Waals surface area contributed by atoms with Crippen LogP contribution in [0.3, 0.4) is 0 Å². The highest BCUT2D eigenvalue weighted by molar-refractivity contribution is 7.11. The Morgan fingerprint density at radius 2 is 2.38 bits per heavy atom. The van der Waals surface area contributed by atoms with Crippen LogP contribution in [0.4, 0.5) is 0 Å². The third-order valence-electron chi connectivity index (χ3n) is 2.72. The maximum absolute atomic E-state index is 11.0. The van der Waals surface area contributed by atoms with Gasteiger partial charge in [-0.15, -0.1) is 11.3 Å². The van der Waals surface area contributed by atoms with E-state index in [1.807, 2.05) is 11.3 Å². The van der Waals surface area contributed by atoms with Crippen LogP contribution in [0, 0.1) is 0 Å². The van der Waals surface area contributed by atoms with Crippen molar-refractivity contribution in [2.75, 3.05) is 13.6 Å². The minimum absolute atomic E-state index is 0.0779. The van der Waals surface area contributed by atoms with Crippen LogP contribution in [0.5, 0.6) is 0 Å². The first-order chi connectivity index (χ1) is 7.79. The molecule has 0 aliphatic heterocycles. The average molecular weight is 239 g/mol. The van der Waals surface area contributed by atoms with Crippen molar-refractivity contribution in [1.29, 1.82) is 0 Å². The van der Waals surface area contributed by atoms with Crippen molar-refractivity contribution in [3.05, 3.63) is 15.6 Å². The molecule has 0 bridgehead atoms. The van der Waals surface area contributed by atoms with E-state index >= 15 is 0 Å². The second-order valence-electron chi connectivity index (χ2n) is 3.93. The number of aryl methyl sites for hydroxylation is 2. The van der Waals surface area contributed by atoms with Gasteiger partial charge in [-0.1, -0.05) is 0 Å². The number of carbonyl (C=O) groups excluding carboxylic acids is 1. The van der Waals surface area contributed by atoms with Gasteiger partial charge < -0.3 is 10.6 Å². The maximum atomic E-state index is 11.0. The largest absolute Gasteiger partial charge is 0.359 e. The molecule has 0 aromatic carbocycles. The van der Waals surface area contributed by atoms with Gasteiger partial charge in [0.2, 0.25) is 5.91 Å². The van der Waals surface area contributed by atoms with Gasteiger partial charge in [-0.05, 0) is 19.3 Å². The van der Waals surface area contributed by atoms with E-state index in [1.54, 1.807) is 7.05 Å². The van der Waals surface area contributed by atoms with E-state index < -0.39 is 0 Å². The molecule has 0 fully saturated rings. The van der Waals surface area contributed by atoms with Crippen LogP contribution in [0.2, 0.25) is 0 Å². The second-order valence-corrected chi connectivity index (χ2v) is 5.10. The second kappa shape index (κ2) is 5.41. The van der Waals surface area contributed by atoms with Crippen LogP contribution in [-0.2, 0) is 24.2 Å². The van der Waals surface area contributed by atoms with E-state index in [4.69, 9.17) is 0 Å². The quantitative estimate of drug-likeness (QED) is 0.749. The molecule has 0 spiro atoms. The zero-order chi connectivity index (χ0) is 11.4. The fourth-order valence-electron chi connectivity index (χ4n) is 1.84. The fourth-order valence-corrected chi connectivity index (χ4v) is 2.97. The predicted octanol–water partition coefficient (Wildman–Crippen LogP) is 0.857. The average Bonchev–Trinajstić information content (AvgIpc) is 2.84. The molecule has 0 saturated heterocycles. The Bertz CT molecular complexity index is 354. The zero-order valence-corrected chi connectivity index (χ0v) is 10.3. The summed E-state index contributed by atoms with van der Waals surface area (Å²) in [5, 5.41) is 7.00. The van der Waals surface area contributed by atoms with Gasteiger partial charge in [-0.3, -0.25) is 4.79 Å². The molecule has 1 aliphatic rings. The topological polar surface area (TPSA) is 54.0 Å². The Balaban J connectivity index is 1.71. The molecular formula is C11H17N3OS. The van der Waals surface area contributed by atoms with Gasteiger partial charge in [-0.25, -0.2) is 4.98 Å². The van der Waals surface area contributed by atoms with Gasteiger partial charge >= 0.3 is 0 Å². The van der Waals surface area contributed by atoms with Crippen molar-refractivity contribution in [2.45, 2.75) is 32.2 Å². The predicted molar refractivity (Wildman–Crippen MR) is 64.5 cm³/mol. The van der Waals surface area contributed by atoms with Gasteiger partial charge in [0.05, 0.1) is 5.69 Å². The summed E-state index contributed by atoms with van der Waals surface area (Å²) < 4.78 is 0. The van der Waals surface area contributed by atoms with E-state index in [0.29, 0.717) is 13.0 Å². The smallest absolute Gasteiger partial charge is 0.221 e. The SMILES string of the molecule is CNC(=O)CCNCc1nc2c(s1)CCC2. The van der Waals surface area contributed by atoms with E-state index in [-0.39, 0.29) is 5.91 Å². The summed E-state index contributed by atoms with van der Waals surface area (Å²) >= 11 is 1.81. The summed E-state index contributed by atoms with van der Waals surface area (Å²) in [7, 11) is 1.66. The lowest BCUT2D eigenvalue weighted by atomic mass is 10.4. The molecule has 0 radical (unpaired) electrons. The molecule has 1 heterocycles. The molecule has 1 aliphatic carbocycles. The third kappa shape index (κ3) is 2.80. The van der Waals surface area contributed by atoms with E-state index in [1.165, 1.54) is 23.4 Å². The molecule has 5 heteroatoms. The summed E-state index contributed by atoms with van der Waals surface area (Å²) in [5.41, 5.74) is 1.30. The molecule has 1 amide bonds. The summed E-state index contributed by atoms with van der Waals surface area (Å²) in [5.74, 6) is 0.0779. The molecule has 16 heavy (non-hydrogen) atoms. The molecule has 2 N–H and O–H groups in total. The number of nitrogens with zero attached hydrogens (tertiary/aromatic N) is 1. The Labute approximate surface area is 99.5 Å². The number of carbonyl (C=O) groups is 1. The fraction of sp³-hybridized carbons (Fsp3) is 0.636. The lowest BCUT2D eigenvalue weighted by Gasteiger charge is -2.01. The number of nitrogens with one attached hydrogen (secondary N) is 2. The number of amides is 1. The lowest BCUT2D eigenvalue weighted by Crippen LogP contribution is -2.24. The summed E-state index contributed by atoms with van der Waals surface area (Å²) in [6.07, 6.45) is 4.13. The van der Waals surface area contributed by atoms with Gasteiger partial charge in [0.1, 0.15) is 5.01 Å². The Kier molecular flexibility index (Phi) is 3.90. The van der Waals surface area contributed by atoms with Crippen LogP contribution in [0.25, 0.3) is 0 Å². The first kappa shape index (κ1) is 11.5. The first-order valence-electron chi connectivity index (χ1n) is 5.68. The minimum Gasteiger partial charge on any atom is -0.359 e. The van der Waals surface area contributed by atoms with Crippen LogP contribution >= 0.6 is 11.3 Å². The first-order valence-corrected chi connectivity index (χ1v) is 6.50. The number of hydrogen-bond donors (Lipinski definition) is 2. The molecule has 2 rings (SSSR count). The number of hydrogen-bond acceptors (Lipinski definition) is 4. The zero-order valence-electron chi connectivity index (χ0n) is 9.51. The van der Waals surface area contributed by atoms with Crippen molar-refractivity contribution < 1.29 is 4.79 Å². The third-order valence-corrected chi connectivity index (χ3v) is 3.88. The van der Waals surface area contributed by atoms with Gasteiger partial charge in [-0.2, -0.15) is 0 Å². The highest BCUT2D eigenvalue weighted by Gasteiger charge is 2.16. The number of fused-ring (bicyclic) bond motifs is 1. The van der Waals surface area contributed by atoms with Crippen LogP contribution in [0.1, 0.15) is 28.4 Å². The molecular weight excluding hydrogens is 222 g/mol. The van der Waals surface area contributed by atoms with E-state index in [2.05, 4.69) is 15.6 Å². The monoisotopic (exact) mass is 239 g/mol. The van der Waals surface area contributed by atoms with E-state index in [9.17, 15) is 4.79 Å². The number of aromatic nitrogens is 1. The van der Waals surface area contributed by atoms with Crippen LogP contribution in [0.15, 0.2) is 0 Å². The molecule has 0 atom stereocenters. The maximum Gasteiger partial charge on any atom is 0.221 e. The van der Waals surface area contributed by atoms with Crippen molar-refractivity contribution in [3.63, 3.8) is 0 Å². The standard InChI is InChI=1S/C11H17N3OS/c1-12-10(15)5-6-13-7-11-14-8-3-2-4-9(8)16-11/h13H,2-7H2,1H3,(H,12,15). The highest BCUT2D eigenvalue weighted by atomic mass is 32.1. The number of rotatable bonds is 5. The molecule has 4 nitrogen and oxygen atoms in total. The summed E-state index contributed by atoms with van der Waals surface area (Å²) in [4.78, 5) is 17.0. The van der Waals surface area contributed by atoms with Gasteiger partial charge in [0, 0.05) is 31.4 Å². The van der Waals surface area contributed by atoms with Crippen LogP contribution in [-0.4, -0.2) is 24.5 Å². The van der Waals surface area contributed by atoms with Gasteiger partial charge in [0.15, 0.2) is 0 Å². The molecule has 1 aromatic rings. The number of thiazole rings is 1. The minimum atomic E-state index is 0.0779. The van der Waals surface area contributed by atoms with Crippen molar-refractivity contribution in [3.8, 4) is 0 Å². The summed E-state index contributed by atoms with van der Waals surface area (Å²) in [6.45, 7) is 1.50. The highest BCUT2D eigenvalue weighted by Crippen LogP contribution is 2.27.